The van der Waals surface area contributed by atoms with Gasteiger partial charge in [-0.05, 0) is 6.92 Å². The average Bonchev–Trinajstić information content (AvgIpc) is 2.16. The molecular weight excluding hydrogens is 190 g/mol. The maximum atomic E-state index is 10.2. The second kappa shape index (κ2) is 8.89. The van der Waals surface area contributed by atoms with Crippen molar-refractivity contribution in [2.75, 3.05) is 33.0 Å². The molecule has 0 aliphatic carbocycles. The van der Waals surface area contributed by atoms with Crippen LogP contribution < -0.4 is 5.73 Å². The minimum absolute atomic E-state index is 0.166. The van der Waals surface area contributed by atoms with Gasteiger partial charge in [0.05, 0.1) is 26.4 Å². The van der Waals surface area contributed by atoms with Crippen LogP contribution in [-0.4, -0.2) is 50.3 Å². The van der Waals surface area contributed by atoms with Crippen LogP contribution in [0.3, 0.4) is 0 Å². The molecule has 6 heteroatoms. The number of rotatable bonds is 9. The van der Waals surface area contributed by atoms with Gasteiger partial charge in [-0.2, -0.15) is 0 Å². The SMILES string of the molecule is CCOCCOCCOC(N)C(=O)O. The zero-order valence-electron chi connectivity index (χ0n) is 8.27. The third-order valence-electron chi connectivity index (χ3n) is 1.34. The van der Waals surface area contributed by atoms with Crippen molar-refractivity contribution >= 4 is 5.97 Å². The van der Waals surface area contributed by atoms with E-state index in [1.807, 2.05) is 6.92 Å². The normalized spacial score (nSPS) is 12.7. The van der Waals surface area contributed by atoms with Gasteiger partial charge < -0.3 is 19.3 Å². The summed E-state index contributed by atoms with van der Waals surface area (Å²) in [5, 5.41) is 8.34. The Labute approximate surface area is 82.9 Å². The van der Waals surface area contributed by atoms with E-state index in [-0.39, 0.29) is 6.61 Å². The Morgan fingerprint density at radius 2 is 1.86 bits per heavy atom. The van der Waals surface area contributed by atoms with E-state index in [2.05, 4.69) is 0 Å². The minimum Gasteiger partial charge on any atom is -0.478 e. The second-order valence-corrected chi connectivity index (χ2v) is 2.44. The molecule has 0 aliphatic heterocycles. The minimum atomic E-state index is -1.27. The first-order valence-electron chi connectivity index (χ1n) is 4.44. The van der Waals surface area contributed by atoms with E-state index in [4.69, 9.17) is 25.1 Å². The fraction of sp³-hybridized carbons (Fsp3) is 0.875. The standard InChI is InChI=1S/C8H17NO5/c1-2-12-3-4-13-5-6-14-7(9)8(10)11/h7H,2-6,9H2,1H3,(H,10,11). The lowest BCUT2D eigenvalue weighted by Gasteiger charge is -2.08. The predicted molar refractivity (Wildman–Crippen MR) is 48.9 cm³/mol. The van der Waals surface area contributed by atoms with Crippen LogP contribution in [0.15, 0.2) is 0 Å². The molecule has 6 nitrogen and oxygen atoms in total. The lowest BCUT2D eigenvalue weighted by molar-refractivity contribution is -0.151. The zero-order valence-corrected chi connectivity index (χ0v) is 8.27. The summed E-state index contributed by atoms with van der Waals surface area (Å²) in [5.74, 6) is -1.18. The van der Waals surface area contributed by atoms with Gasteiger partial charge in [-0.15, -0.1) is 0 Å². The van der Waals surface area contributed by atoms with Crippen LogP contribution in [0, 0.1) is 0 Å². The summed E-state index contributed by atoms with van der Waals surface area (Å²) in [4.78, 5) is 10.2. The molecule has 0 radical (unpaired) electrons. The van der Waals surface area contributed by atoms with Crippen molar-refractivity contribution in [3.63, 3.8) is 0 Å². The van der Waals surface area contributed by atoms with E-state index in [0.29, 0.717) is 26.4 Å². The van der Waals surface area contributed by atoms with Gasteiger partial charge in [-0.3, -0.25) is 5.73 Å². The van der Waals surface area contributed by atoms with Crippen LogP contribution in [0.25, 0.3) is 0 Å². The molecule has 0 bridgehead atoms. The molecular formula is C8H17NO5. The molecule has 84 valence electrons. The molecule has 14 heavy (non-hydrogen) atoms. The smallest absolute Gasteiger partial charge is 0.347 e. The Morgan fingerprint density at radius 1 is 1.29 bits per heavy atom. The Hall–Kier alpha value is -0.690. The van der Waals surface area contributed by atoms with E-state index in [0.717, 1.165) is 0 Å². The van der Waals surface area contributed by atoms with Gasteiger partial charge in [0.2, 0.25) is 6.23 Å². The summed E-state index contributed by atoms with van der Waals surface area (Å²) in [7, 11) is 0. The highest BCUT2D eigenvalue weighted by Crippen LogP contribution is 1.84. The van der Waals surface area contributed by atoms with Crippen molar-refractivity contribution in [1.82, 2.24) is 0 Å². The number of aliphatic carboxylic acids is 1. The van der Waals surface area contributed by atoms with Crippen LogP contribution >= 0.6 is 0 Å². The molecule has 3 N–H and O–H groups in total. The molecule has 1 unspecified atom stereocenters. The quantitative estimate of drug-likeness (QED) is 0.388. The number of nitrogens with two attached hydrogens (primary N) is 1. The highest BCUT2D eigenvalue weighted by molar-refractivity contribution is 5.71. The van der Waals surface area contributed by atoms with Gasteiger partial charge in [0.15, 0.2) is 0 Å². The Balaban J connectivity index is 3.09. The van der Waals surface area contributed by atoms with Crippen LogP contribution in [-0.2, 0) is 19.0 Å². The first-order chi connectivity index (χ1) is 6.68. The third kappa shape index (κ3) is 7.93. The zero-order chi connectivity index (χ0) is 10.8. The van der Waals surface area contributed by atoms with Crippen molar-refractivity contribution in [2.24, 2.45) is 5.73 Å². The Morgan fingerprint density at radius 3 is 2.43 bits per heavy atom. The summed E-state index contributed by atoms with van der Waals surface area (Å²) in [5.41, 5.74) is 5.08. The number of hydrogen-bond donors (Lipinski definition) is 2. The van der Waals surface area contributed by atoms with Crippen molar-refractivity contribution < 1.29 is 24.1 Å². The number of hydrogen-bond acceptors (Lipinski definition) is 5. The summed E-state index contributed by atoms with van der Waals surface area (Å²) >= 11 is 0. The van der Waals surface area contributed by atoms with Gasteiger partial charge in [0, 0.05) is 6.61 Å². The Bertz CT molecular complexity index is 153. The highest BCUT2D eigenvalue weighted by atomic mass is 16.6. The molecule has 0 saturated carbocycles. The van der Waals surface area contributed by atoms with Gasteiger partial charge in [0.25, 0.3) is 0 Å². The van der Waals surface area contributed by atoms with Gasteiger partial charge in [0.1, 0.15) is 0 Å². The Kier molecular flexibility index (Phi) is 8.45. The molecule has 0 saturated heterocycles. The average molecular weight is 207 g/mol. The fourth-order valence-electron chi connectivity index (χ4n) is 0.670. The maximum Gasteiger partial charge on any atom is 0.347 e. The van der Waals surface area contributed by atoms with E-state index < -0.39 is 12.2 Å². The molecule has 0 amide bonds. The molecule has 0 aromatic carbocycles. The molecule has 0 fully saturated rings. The van der Waals surface area contributed by atoms with E-state index >= 15 is 0 Å². The van der Waals surface area contributed by atoms with Crippen molar-refractivity contribution in [1.29, 1.82) is 0 Å². The van der Waals surface area contributed by atoms with Gasteiger partial charge >= 0.3 is 5.97 Å². The van der Waals surface area contributed by atoms with Crippen LogP contribution in [0.1, 0.15) is 6.92 Å². The van der Waals surface area contributed by atoms with E-state index in [9.17, 15) is 4.79 Å². The topological polar surface area (TPSA) is 91.0 Å². The number of carbonyl (C=O) groups is 1. The van der Waals surface area contributed by atoms with Crippen LogP contribution in [0.5, 0.6) is 0 Å². The van der Waals surface area contributed by atoms with Gasteiger partial charge in [-0.1, -0.05) is 0 Å². The van der Waals surface area contributed by atoms with Crippen LogP contribution in [0.4, 0.5) is 0 Å². The lowest BCUT2D eigenvalue weighted by atomic mass is 10.6. The van der Waals surface area contributed by atoms with E-state index in [1.165, 1.54) is 0 Å². The summed E-state index contributed by atoms with van der Waals surface area (Å²) in [6, 6.07) is 0. The largest absolute Gasteiger partial charge is 0.478 e. The predicted octanol–water partition coefficient (Wildman–Crippen LogP) is -0.574. The van der Waals surface area contributed by atoms with Crippen molar-refractivity contribution in [3.05, 3.63) is 0 Å². The fourth-order valence-corrected chi connectivity index (χ4v) is 0.670. The maximum absolute atomic E-state index is 10.2. The third-order valence-corrected chi connectivity index (χ3v) is 1.34. The molecule has 0 heterocycles. The molecule has 0 rings (SSSR count). The van der Waals surface area contributed by atoms with Crippen LogP contribution in [0.2, 0.25) is 0 Å². The molecule has 0 aliphatic rings. The lowest BCUT2D eigenvalue weighted by Crippen LogP contribution is -2.34. The first-order valence-corrected chi connectivity index (χ1v) is 4.44. The van der Waals surface area contributed by atoms with Crippen molar-refractivity contribution in [3.8, 4) is 0 Å². The molecule has 0 aromatic heterocycles. The summed E-state index contributed by atoms with van der Waals surface area (Å²) in [6.45, 7) is 4.04. The summed E-state index contributed by atoms with van der Waals surface area (Å²) in [6.07, 6.45) is -1.27. The monoisotopic (exact) mass is 207 g/mol. The molecule has 1 atom stereocenters. The second-order valence-electron chi connectivity index (χ2n) is 2.44. The van der Waals surface area contributed by atoms with E-state index in [1.54, 1.807) is 0 Å². The highest BCUT2D eigenvalue weighted by Gasteiger charge is 2.10. The molecule has 0 aromatic rings. The first kappa shape index (κ1) is 13.3. The van der Waals surface area contributed by atoms with Gasteiger partial charge in [-0.25, -0.2) is 4.79 Å². The number of carboxylic acid groups (broad SMARTS) is 1. The van der Waals surface area contributed by atoms with Crippen molar-refractivity contribution in [2.45, 2.75) is 13.2 Å². The summed E-state index contributed by atoms with van der Waals surface area (Å²) < 4.78 is 14.8. The number of carboxylic acids is 1. The molecule has 0 spiro atoms. The number of ether oxygens (including phenoxy) is 3.